The van der Waals surface area contributed by atoms with Crippen LogP contribution >= 0.6 is 0 Å². The molecular weight excluding hydrogens is 360 g/mol. The van der Waals surface area contributed by atoms with Crippen LogP contribution < -0.4 is 0 Å². The standard InChI is InChI=1S/C30H30/c1-29(2,3)24-13-9-19(10-14-24)23-17-21-8-7-20-12-16-26(30(4,5)6)25-15-11-22(18-23)27(21)28(20)25/h7-18H,1-6H3. The van der Waals surface area contributed by atoms with Crippen molar-refractivity contribution in [2.24, 2.45) is 0 Å². The summed E-state index contributed by atoms with van der Waals surface area (Å²) < 4.78 is 0. The van der Waals surface area contributed by atoms with Crippen LogP contribution in [0.3, 0.4) is 0 Å². The van der Waals surface area contributed by atoms with Gasteiger partial charge in [0.25, 0.3) is 0 Å². The fourth-order valence-corrected chi connectivity index (χ4v) is 4.80. The topological polar surface area (TPSA) is 0 Å². The molecule has 0 saturated heterocycles. The van der Waals surface area contributed by atoms with Gasteiger partial charge in [0.05, 0.1) is 0 Å². The summed E-state index contributed by atoms with van der Waals surface area (Å²) in [6, 6.07) is 27.6. The quantitative estimate of drug-likeness (QED) is 0.251. The molecule has 0 aromatic heterocycles. The zero-order valence-corrected chi connectivity index (χ0v) is 18.9. The Bertz CT molecular complexity index is 1350. The van der Waals surface area contributed by atoms with Crippen LogP contribution in [-0.4, -0.2) is 0 Å². The van der Waals surface area contributed by atoms with Gasteiger partial charge in [-0.3, -0.25) is 0 Å². The van der Waals surface area contributed by atoms with Crippen molar-refractivity contribution in [1.29, 1.82) is 0 Å². The molecule has 5 rings (SSSR count). The first-order chi connectivity index (χ1) is 14.1. The Morgan fingerprint density at radius 1 is 0.467 bits per heavy atom. The Labute approximate surface area is 179 Å². The molecule has 0 nitrogen and oxygen atoms in total. The molecular formula is C30H30. The molecule has 0 saturated carbocycles. The maximum absolute atomic E-state index is 2.36. The second kappa shape index (κ2) is 6.32. The van der Waals surface area contributed by atoms with Gasteiger partial charge >= 0.3 is 0 Å². The number of hydrogen-bond acceptors (Lipinski definition) is 0. The lowest BCUT2D eigenvalue weighted by Gasteiger charge is -2.23. The molecule has 0 aliphatic heterocycles. The van der Waals surface area contributed by atoms with E-state index in [0.29, 0.717) is 0 Å². The Morgan fingerprint density at radius 2 is 1.03 bits per heavy atom. The highest BCUT2D eigenvalue weighted by atomic mass is 14.2. The first-order valence-electron chi connectivity index (χ1n) is 11.0. The highest BCUT2D eigenvalue weighted by Gasteiger charge is 2.20. The second-order valence-electron chi connectivity index (χ2n) is 10.8. The van der Waals surface area contributed by atoms with Crippen molar-refractivity contribution in [2.75, 3.05) is 0 Å². The van der Waals surface area contributed by atoms with E-state index in [1.165, 1.54) is 54.6 Å². The smallest absolute Gasteiger partial charge is 0.00238 e. The van der Waals surface area contributed by atoms with Crippen LogP contribution in [0.15, 0.2) is 72.8 Å². The van der Waals surface area contributed by atoms with E-state index < -0.39 is 0 Å². The van der Waals surface area contributed by atoms with Crippen LogP contribution in [0.1, 0.15) is 52.7 Å². The highest BCUT2D eigenvalue weighted by molar-refractivity contribution is 6.24. The average Bonchev–Trinajstić information content (AvgIpc) is 2.70. The minimum atomic E-state index is 0.127. The SMILES string of the molecule is CC(C)(C)c1ccc(-c2cc3ccc4ccc(C(C)(C)C)c5ccc(c2)c3c45)cc1. The minimum Gasteiger partial charge on any atom is -0.0579 e. The van der Waals surface area contributed by atoms with Crippen LogP contribution in [0.25, 0.3) is 43.4 Å². The van der Waals surface area contributed by atoms with E-state index in [4.69, 9.17) is 0 Å². The van der Waals surface area contributed by atoms with Crippen molar-refractivity contribution in [1.82, 2.24) is 0 Å². The lowest BCUT2D eigenvalue weighted by Crippen LogP contribution is -2.11. The van der Waals surface area contributed by atoms with Gasteiger partial charge in [-0.05, 0) is 77.5 Å². The zero-order valence-electron chi connectivity index (χ0n) is 18.9. The largest absolute Gasteiger partial charge is 0.0579 e. The van der Waals surface area contributed by atoms with E-state index in [9.17, 15) is 0 Å². The molecule has 0 amide bonds. The van der Waals surface area contributed by atoms with Gasteiger partial charge in [0, 0.05) is 0 Å². The van der Waals surface area contributed by atoms with E-state index in [2.05, 4.69) is 114 Å². The van der Waals surface area contributed by atoms with Gasteiger partial charge in [-0.2, -0.15) is 0 Å². The van der Waals surface area contributed by atoms with Gasteiger partial charge < -0.3 is 0 Å². The van der Waals surface area contributed by atoms with Gasteiger partial charge in [0.1, 0.15) is 0 Å². The van der Waals surface area contributed by atoms with E-state index >= 15 is 0 Å². The van der Waals surface area contributed by atoms with Gasteiger partial charge in [-0.15, -0.1) is 0 Å². The molecule has 0 aliphatic carbocycles. The molecule has 0 heteroatoms. The Morgan fingerprint density at radius 3 is 1.63 bits per heavy atom. The van der Waals surface area contributed by atoms with Crippen molar-refractivity contribution < 1.29 is 0 Å². The molecule has 5 aromatic carbocycles. The number of benzene rings is 5. The summed E-state index contributed by atoms with van der Waals surface area (Å²) >= 11 is 0. The van der Waals surface area contributed by atoms with Crippen molar-refractivity contribution in [3.8, 4) is 11.1 Å². The predicted molar refractivity (Wildman–Crippen MR) is 133 cm³/mol. The lowest BCUT2D eigenvalue weighted by molar-refractivity contribution is 0.590. The third kappa shape index (κ3) is 2.98. The molecule has 0 radical (unpaired) electrons. The monoisotopic (exact) mass is 390 g/mol. The summed E-state index contributed by atoms with van der Waals surface area (Å²) in [7, 11) is 0. The Balaban J connectivity index is 1.75. The minimum absolute atomic E-state index is 0.127. The first-order valence-corrected chi connectivity index (χ1v) is 11.0. The van der Waals surface area contributed by atoms with E-state index in [0.717, 1.165) is 0 Å². The van der Waals surface area contributed by atoms with Crippen molar-refractivity contribution in [2.45, 2.75) is 52.4 Å². The summed E-state index contributed by atoms with van der Waals surface area (Å²) in [4.78, 5) is 0. The van der Waals surface area contributed by atoms with Crippen molar-refractivity contribution >= 4 is 32.3 Å². The lowest BCUT2D eigenvalue weighted by atomic mass is 9.81. The molecule has 0 atom stereocenters. The molecule has 5 aromatic rings. The Kier molecular flexibility index (Phi) is 4.03. The van der Waals surface area contributed by atoms with Crippen LogP contribution in [0, 0.1) is 0 Å². The van der Waals surface area contributed by atoms with Gasteiger partial charge in [-0.1, -0.05) is 102 Å². The molecule has 150 valence electrons. The van der Waals surface area contributed by atoms with Crippen molar-refractivity contribution in [3.05, 3.63) is 83.9 Å². The average molecular weight is 391 g/mol. The van der Waals surface area contributed by atoms with Gasteiger partial charge in [0.15, 0.2) is 0 Å². The normalized spacial score (nSPS) is 13.0. The second-order valence-corrected chi connectivity index (χ2v) is 10.8. The molecule has 0 heterocycles. The van der Waals surface area contributed by atoms with Crippen LogP contribution in [0.4, 0.5) is 0 Å². The van der Waals surface area contributed by atoms with Gasteiger partial charge in [0.2, 0.25) is 0 Å². The van der Waals surface area contributed by atoms with Crippen molar-refractivity contribution in [3.63, 3.8) is 0 Å². The molecule has 0 aliphatic rings. The number of hydrogen-bond donors (Lipinski definition) is 0. The third-order valence-corrected chi connectivity index (χ3v) is 6.49. The van der Waals surface area contributed by atoms with Crippen LogP contribution in [0.5, 0.6) is 0 Å². The van der Waals surface area contributed by atoms with E-state index in [1.807, 2.05) is 0 Å². The molecule has 0 spiro atoms. The fraction of sp³-hybridized carbons (Fsp3) is 0.267. The summed E-state index contributed by atoms with van der Waals surface area (Å²) in [6.45, 7) is 13.7. The molecule has 0 fully saturated rings. The third-order valence-electron chi connectivity index (χ3n) is 6.49. The summed E-state index contributed by atoms with van der Waals surface area (Å²) in [5, 5.41) is 8.18. The first kappa shape index (κ1) is 19.1. The zero-order chi connectivity index (χ0) is 21.3. The predicted octanol–water partition coefficient (Wildman–Crippen LogP) is 8.85. The fourth-order valence-electron chi connectivity index (χ4n) is 4.80. The number of rotatable bonds is 1. The summed E-state index contributed by atoms with van der Waals surface area (Å²) in [6.07, 6.45) is 0. The van der Waals surface area contributed by atoms with Gasteiger partial charge in [-0.25, -0.2) is 0 Å². The summed E-state index contributed by atoms with van der Waals surface area (Å²) in [5.74, 6) is 0. The van der Waals surface area contributed by atoms with Crippen LogP contribution in [0.2, 0.25) is 0 Å². The molecule has 30 heavy (non-hydrogen) atoms. The maximum Gasteiger partial charge on any atom is -0.00238 e. The van der Waals surface area contributed by atoms with E-state index in [-0.39, 0.29) is 10.8 Å². The molecule has 0 unspecified atom stereocenters. The molecule has 0 N–H and O–H groups in total. The Hall–Kier alpha value is -2.86. The maximum atomic E-state index is 2.36. The summed E-state index contributed by atoms with van der Waals surface area (Å²) in [5.41, 5.74) is 5.67. The molecule has 0 bridgehead atoms. The highest BCUT2D eigenvalue weighted by Crippen LogP contribution is 2.41. The van der Waals surface area contributed by atoms with Crippen LogP contribution in [-0.2, 0) is 10.8 Å². The van der Waals surface area contributed by atoms with E-state index in [1.54, 1.807) is 0 Å².